The van der Waals surface area contributed by atoms with E-state index in [9.17, 15) is 0 Å². The number of nitrogens with two attached hydrogens (primary N) is 1. The van der Waals surface area contributed by atoms with Gasteiger partial charge in [-0.15, -0.1) is 0 Å². The van der Waals surface area contributed by atoms with Crippen LogP contribution in [-0.4, -0.2) is 19.2 Å². The number of nitrogens with zero attached hydrogens (tertiary/aromatic N) is 1. The van der Waals surface area contributed by atoms with E-state index in [4.69, 9.17) is 26.8 Å². The fourth-order valence-corrected chi connectivity index (χ4v) is 2.36. The second-order valence-electron chi connectivity index (χ2n) is 5.66. The van der Waals surface area contributed by atoms with Crippen LogP contribution in [0, 0.1) is 0 Å². The van der Waals surface area contributed by atoms with Crippen LogP contribution >= 0.6 is 11.6 Å². The fraction of sp³-hybridized carbons (Fsp3) is 0.400. The highest BCUT2D eigenvalue weighted by atomic mass is 35.5. The van der Waals surface area contributed by atoms with Crippen molar-refractivity contribution in [2.24, 2.45) is 0 Å². The molecule has 2 rings (SSSR count). The first-order valence-corrected chi connectivity index (χ1v) is 6.68. The summed E-state index contributed by atoms with van der Waals surface area (Å²) >= 11 is 6.20. The Hall–Kier alpha value is -1.68. The van der Waals surface area contributed by atoms with Gasteiger partial charge in [0.05, 0.1) is 24.6 Å². The van der Waals surface area contributed by atoms with Gasteiger partial charge in [-0.1, -0.05) is 32.4 Å². The third-order valence-electron chi connectivity index (χ3n) is 3.18. The number of halogens is 1. The molecule has 0 unspecified atom stereocenters. The average Bonchev–Trinajstić information content (AvgIpc) is 2.37. The predicted octanol–water partition coefficient (Wildman–Crippen LogP) is 3.79. The summed E-state index contributed by atoms with van der Waals surface area (Å²) in [5, 5.41) is 1.14. The number of rotatable bonds is 2. The molecule has 5 heteroatoms. The van der Waals surface area contributed by atoms with Crippen LogP contribution in [0.25, 0.3) is 10.9 Å². The molecule has 0 radical (unpaired) electrons. The summed E-state index contributed by atoms with van der Waals surface area (Å²) < 4.78 is 10.7. The molecule has 0 saturated heterocycles. The van der Waals surface area contributed by atoms with E-state index < -0.39 is 0 Å². The standard InChI is InChI=1S/C15H19ClN2O2/c1-15(2,3)11-7-9(17)12-13(18-11)10(19-4)6-8(16)14(12)20-5/h6-7H,1-5H3,(H2,17,18). The number of hydrogen-bond acceptors (Lipinski definition) is 4. The van der Waals surface area contributed by atoms with Crippen LogP contribution < -0.4 is 15.2 Å². The molecular weight excluding hydrogens is 276 g/mol. The van der Waals surface area contributed by atoms with E-state index in [-0.39, 0.29) is 5.41 Å². The second kappa shape index (κ2) is 5.02. The molecule has 108 valence electrons. The topological polar surface area (TPSA) is 57.4 Å². The Morgan fingerprint density at radius 2 is 1.80 bits per heavy atom. The number of ether oxygens (including phenoxy) is 2. The Morgan fingerprint density at radius 3 is 2.30 bits per heavy atom. The largest absolute Gasteiger partial charge is 0.494 e. The van der Waals surface area contributed by atoms with Gasteiger partial charge in [0.2, 0.25) is 0 Å². The van der Waals surface area contributed by atoms with Gasteiger partial charge in [-0.2, -0.15) is 0 Å². The molecule has 2 N–H and O–H groups in total. The van der Waals surface area contributed by atoms with Gasteiger partial charge < -0.3 is 15.2 Å². The van der Waals surface area contributed by atoms with Crippen molar-refractivity contribution < 1.29 is 9.47 Å². The lowest BCUT2D eigenvalue weighted by atomic mass is 9.90. The number of pyridine rings is 1. The Kier molecular flexibility index (Phi) is 3.69. The highest BCUT2D eigenvalue weighted by Crippen LogP contribution is 2.42. The summed E-state index contributed by atoms with van der Waals surface area (Å²) in [5.41, 5.74) is 8.22. The molecule has 0 bridgehead atoms. The van der Waals surface area contributed by atoms with E-state index in [0.29, 0.717) is 33.1 Å². The van der Waals surface area contributed by atoms with E-state index >= 15 is 0 Å². The lowest BCUT2D eigenvalue weighted by Crippen LogP contribution is -2.14. The zero-order valence-electron chi connectivity index (χ0n) is 12.4. The summed E-state index contributed by atoms with van der Waals surface area (Å²) in [6.45, 7) is 6.25. The van der Waals surface area contributed by atoms with Crippen molar-refractivity contribution in [3.8, 4) is 11.5 Å². The molecule has 0 amide bonds. The van der Waals surface area contributed by atoms with E-state index in [1.165, 1.54) is 0 Å². The number of methoxy groups -OCH3 is 2. The Morgan fingerprint density at radius 1 is 1.15 bits per heavy atom. The van der Waals surface area contributed by atoms with Gasteiger partial charge in [0, 0.05) is 22.9 Å². The molecule has 20 heavy (non-hydrogen) atoms. The van der Waals surface area contributed by atoms with E-state index in [1.54, 1.807) is 20.3 Å². The molecule has 0 spiro atoms. The minimum atomic E-state index is -0.111. The molecular formula is C15H19ClN2O2. The van der Waals surface area contributed by atoms with Crippen LogP contribution in [0.1, 0.15) is 26.5 Å². The minimum Gasteiger partial charge on any atom is -0.494 e. The monoisotopic (exact) mass is 294 g/mol. The summed E-state index contributed by atoms with van der Waals surface area (Å²) in [6, 6.07) is 3.56. The smallest absolute Gasteiger partial charge is 0.149 e. The second-order valence-corrected chi connectivity index (χ2v) is 6.07. The third-order valence-corrected chi connectivity index (χ3v) is 3.46. The molecule has 0 atom stereocenters. The minimum absolute atomic E-state index is 0.111. The van der Waals surface area contributed by atoms with E-state index in [1.807, 2.05) is 6.07 Å². The van der Waals surface area contributed by atoms with Crippen LogP contribution in [0.3, 0.4) is 0 Å². The summed E-state index contributed by atoms with van der Waals surface area (Å²) in [4.78, 5) is 4.68. The predicted molar refractivity (Wildman–Crippen MR) is 83.0 cm³/mol. The third kappa shape index (κ3) is 2.36. The number of benzene rings is 1. The number of aromatic nitrogens is 1. The number of fused-ring (bicyclic) bond motifs is 1. The molecule has 0 aliphatic rings. The number of anilines is 1. The van der Waals surface area contributed by atoms with Crippen LogP contribution in [0.4, 0.5) is 5.69 Å². The van der Waals surface area contributed by atoms with Crippen molar-refractivity contribution in [2.75, 3.05) is 20.0 Å². The molecule has 4 nitrogen and oxygen atoms in total. The highest BCUT2D eigenvalue weighted by Gasteiger charge is 2.22. The van der Waals surface area contributed by atoms with Gasteiger partial charge in [-0.25, -0.2) is 4.98 Å². The van der Waals surface area contributed by atoms with Crippen LogP contribution in [-0.2, 0) is 5.41 Å². The first-order valence-electron chi connectivity index (χ1n) is 6.30. The maximum Gasteiger partial charge on any atom is 0.149 e. The summed E-state index contributed by atoms with van der Waals surface area (Å²) in [6.07, 6.45) is 0. The van der Waals surface area contributed by atoms with Gasteiger partial charge in [0.1, 0.15) is 17.0 Å². The van der Waals surface area contributed by atoms with Crippen molar-refractivity contribution in [1.29, 1.82) is 0 Å². The Bertz CT molecular complexity index is 663. The zero-order valence-corrected chi connectivity index (χ0v) is 13.1. The lowest BCUT2D eigenvalue weighted by Gasteiger charge is -2.21. The first-order chi connectivity index (χ1) is 9.29. The summed E-state index contributed by atoms with van der Waals surface area (Å²) in [5.74, 6) is 1.11. The van der Waals surface area contributed by atoms with Gasteiger partial charge in [-0.05, 0) is 6.07 Å². The molecule has 0 fully saturated rings. The van der Waals surface area contributed by atoms with Crippen molar-refractivity contribution in [3.05, 3.63) is 22.8 Å². The van der Waals surface area contributed by atoms with Crippen LogP contribution in [0.2, 0.25) is 5.02 Å². The van der Waals surface area contributed by atoms with Crippen LogP contribution in [0.5, 0.6) is 11.5 Å². The SMILES string of the molecule is COc1cc(Cl)c(OC)c2c(N)cc(C(C)(C)C)nc12. The van der Waals surface area contributed by atoms with Gasteiger partial charge in [0.25, 0.3) is 0 Å². The highest BCUT2D eigenvalue weighted by molar-refractivity contribution is 6.34. The Labute approximate surface area is 123 Å². The Balaban J connectivity index is 2.92. The molecule has 1 aromatic carbocycles. The molecule has 1 heterocycles. The molecule has 2 aromatic rings. The van der Waals surface area contributed by atoms with E-state index in [2.05, 4.69) is 25.8 Å². The first kappa shape index (κ1) is 14.7. The quantitative estimate of drug-likeness (QED) is 0.915. The fourth-order valence-electron chi connectivity index (χ4n) is 2.09. The lowest BCUT2D eigenvalue weighted by molar-refractivity contribution is 0.409. The molecule has 0 aliphatic heterocycles. The van der Waals surface area contributed by atoms with Crippen molar-refractivity contribution in [1.82, 2.24) is 4.98 Å². The van der Waals surface area contributed by atoms with Gasteiger partial charge >= 0.3 is 0 Å². The molecule has 1 aromatic heterocycles. The molecule has 0 aliphatic carbocycles. The average molecular weight is 295 g/mol. The van der Waals surface area contributed by atoms with Crippen molar-refractivity contribution in [3.63, 3.8) is 0 Å². The van der Waals surface area contributed by atoms with E-state index in [0.717, 1.165) is 5.69 Å². The van der Waals surface area contributed by atoms with Crippen molar-refractivity contribution >= 4 is 28.2 Å². The van der Waals surface area contributed by atoms with Gasteiger partial charge in [-0.3, -0.25) is 0 Å². The van der Waals surface area contributed by atoms with Crippen molar-refractivity contribution in [2.45, 2.75) is 26.2 Å². The normalized spacial score (nSPS) is 11.7. The van der Waals surface area contributed by atoms with Crippen LogP contribution in [0.15, 0.2) is 12.1 Å². The maximum absolute atomic E-state index is 6.20. The molecule has 0 saturated carbocycles. The van der Waals surface area contributed by atoms with Gasteiger partial charge in [0.15, 0.2) is 0 Å². The zero-order chi connectivity index (χ0) is 15.1. The maximum atomic E-state index is 6.20. The number of hydrogen-bond donors (Lipinski definition) is 1. The summed E-state index contributed by atoms with van der Waals surface area (Å²) in [7, 11) is 3.14. The number of nitrogen functional groups attached to an aromatic ring is 1.